The molecule has 0 heterocycles. The van der Waals surface area contributed by atoms with E-state index in [9.17, 15) is 4.39 Å². The second-order valence-electron chi connectivity index (χ2n) is 5.74. The summed E-state index contributed by atoms with van der Waals surface area (Å²) in [7, 11) is 6.49. The van der Waals surface area contributed by atoms with E-state index in [1.54, 1.807) is 46.6 Å². The van der Waals surface area contributed by atoms with Gasteiger partial charge in [-0.05, 0) is 24.1 Å². The van der Waals surface area contributed by atoms with Gasteiger partial charge < -0.3 is 24.8 Å². The Balaban J connectivity index is 0.00000392. The molecule has 0 saturated carbocycles. The highest BCUT2D eigenvalue weighted by atomic mass is 127. The molecule has 6 nitrogen and oxygen atoms in total. The van der Waals surface area contributed by atoms with Gasteiger partial charge in [-0.2, -0.15) is 0 Å². The lowest BCUT2D eigenvalue weighted by atomic mass is 10.1. The summed E-state index contributed by atoms with van der Waals surface area (Å²) in [5, 5.41) is 6.45. The van der Waals surface area contributed by atoms with Crippen LogP contribution in [0.15, 0.2) is 41.4 Å². The second-order valence-corrected chi connectivity index (χ2v) is 5.74. The van der Waals surface area contributed by atoms with Gasteiger partial charge in [-0.25, -0.2) is 4.39 Å². The molecule has 0 aliphatic rings. The normalized spacial score (nSPS) is 10.7. The molecular formula is C20H27FIN3O3. The Kier molecular flexibility index (Phi) is 10.4. The van der Waals surface area contributed by atoms with Crippen LogP contribution in [0.1, 0.15) is 11.1 Å². The molecule has 2 aromatic carbocycles. The molecule has 154 valence electrons. The molecule has 0 spiro atoms. The van der Waals surface area contributed by atoms with E-state index in [-0.39, 0.29) is 29.8 Å². The van der Waals surface area contributed by atoms with Crippen molar-refractivity contribution in [1.29, 1.82) is 0 Å². The van der Waals surface area contributed by atoms with Crippen LogP contribution < -0.4 is 24.8 Å². The Bertz CT molecular complexity index is 762. The number of nitrogens with zero attached hydrogens (tertiary/aromatic N) is 1. The van der Waals surface area contributed by atoms with Crippen LogP contribution >= 0.6 is 24.0 Å². The number of nitrogens with one attached hydrogen (secondary N) is 2. The number of methoxy groups -OCH3 is 3. The van der Waals surface area contributed by atoms with Crippen LogP contribution in [0, 0.1) is 5.82 Å². The van der Waals surface area contributed by atoms with Crippen LogP contribution in [0.3, 0.4) is 0 Å². The van der Waals surface area contributed by atoms with E-state index in [0.717, 1.165) is 11.1 Å². The van der Waals surface area contributed by atoms with E-state index in [0.29, 0.717) is 42.7 Å². The lowest BCUT2D eigenvalue weighted by Gasteiger charge is -2.17. The standard InChI is InChI=1S/C20H26FN3O3.HI/c1-22-20(23-9-8-14-6-5-7-15(21)10-14)24-13-17-18(26-3)11-16(25-2)12-19(17)27-4;/h5-7,10-12H,8-9,13H2,1-4H3,(H2,22,23,24);1H. The third kappa shape index (κ3) is 6.74. The second kappa shape index (κ2) is 12.3. The number of benzene rings is 2. The van der Waals surface area contributed by atoms with Crippen molar-refractivity contribution in [2.75, 3.05) is 34.9 Å². The van der Waals surface area contributed by atoms with Gasteiger partial charge in [0.15, 0.2) is 5.96 Å². The quantitative estimate of drug-likeness (QED) is 0.329. The highest BCUT2D eigenvalue weighted by Gasteiger charge is 2.13. The maximum absolute atomic E-state index is 13.2. The van der Waals surface area contributed by atoms with Gasteiger partial charge in [0.2, 0.25) is 0 Å². The molecular weight excluding hydrogens is 476 g/mol. The molecule has 28 heavy (non-hydrogen) atoms. The molecule has 0 fully saturated rings. The van der Waals surface area contributed by atoms with Crippen molar-refractivity contribution < 1.29 is 18.6 Å². The van der Waals surface area contributed by atoms with Gasteiger partial charge >= 0.3 is 0 Å². The topological polar surface area (TPSA) is 64.1 Å². The van der Waals surface area contributed by atoms with Gasteiger partial charge in [0.05, 0.1) is 33.4 Å². The summed E-state index contributed by atoms with van der Waals surface area (Å²) in [6, 6.07) is 10.2. The minimum Gasteiger partial charge on any atom is -0.496 e. The van der Waals surface area contributed by atoms with E-state index >= 15 is 0 Å². The maximum atomic E-state index is 13.2. The monoisotopic (exact) mass is 503 g/mol. The van der Waals surface area contributed by atoms with Crippen LogP contribution in [-0.4, -0.2) is 40.9 Å². The van der Waals surface area contributed by atoms with E-state index in [1.165, 1.54) is 12.1 Å². The van der Waals surface area contributed by atoms with Crippen molar-refractivity contribution in [2.24, 2.45) is 4.99 Å². The number of ether oxygens (including phenoxy) is 3. The zero-order valence-electron chi connectivity index (χ0n) is 16.5. The number of halogens is 2. The molecule has 0 amide bonds. The van der Waals surface area contributed by atoms with E-state index in [4.69, 9.17) is 14.2 Å². The largest absolute Gasteiger partial charge is 0.496 e. The van der Waals surface area contributed by atoms with Crippen molar-refractivity contribution in [3.63, 3.8) is 0 Å². The zero-order valence-corrected chi connectivity index (χ0v) is 18.9. The van der Waals surface area contributed by atoms with Crippen LogP contribution in [0.5, 0.6) is 17.2 Å². The fraction of sp³-hybridized carbons (Fsp3) is 0.350. The summed E-state index contributed by atoms with van der Waals surface area (Å²) in [5.74, 6) is 2.38. The molecule has 2 rings (SSSR count). The SMILES string of the molecule is CN=C(NCCc1cccc(F)c1)NCc1c(OC)cc(OC)cc1OC.I. The average molecular weight is 503 g/mol. The Morgan fingerprint density at radius 3 is 2.21 bits per heavy atom. The van der Waals surface area contributed by atoms with Gasteiger partial charge in [-0.1, -0.05) is 12.1 Å². The first-order valence-electron chi connectivity index (χ1n) is 8.59. The van der Waals surface area contributed by atoms with Crippen molar-refractivity contribution in [3.05, 3.63) is 53.3 Å². The Morgan fingerprint density at radius 2 is 1.68 bits per heavy atom. The van der Waals surface area contributed by atoms with Crippen molar-refractivity contribution in [3.8, 4) is 17.2 Å². The van der Waals surface area contributed by atoms with E-state index in [1.807, 2.05) is 6.07 Å². The number of hydrogen-bond donors (Lipinski definition) is 2. The minimum absolute atomic E-state index is 0. The van der Waals surface area contributed by atoms with Crippen LogP contribution in [0.2, 0.25) is 0 Å². The third-order valence-electron chi connectivity index (χ3n) is 4.07. The molecule has 0 unspecified atom stereocenters. The Labute approximate surface area is 182 Å². The van der Waals surface area contributed by atoms with Gasteiger partial charge in [0.25, 0.3) is 0 Å². The Morgan fingerprint density at radius 1 is 1.00 bits per heavy atom. The summed E-state index contributed by atoms with van der Waals surface area (Å²) in [5.41, 5.74) is 1.78. The average Bonchev–Trinajstić information content (AvgIpc) is 2.69. The van der Waals surface area contributed by atoms with Crippen LogP contribution in [-0.2, 0) is 13.0 Å². The van der Waals surface area contributed by atoms with Gasteiger partial charge in [0.1, 0.15) is 23.1 Å². The fourth-order valence-corrected chi connectivity index (χ4v) is 2.66. The number of aliphatic imine (C=N–C) groups is 1. The van der Waals surface area contributed by atoms with Gasteiger partial charge in [0, 0.05) is 25.7 Å². The zero-order chi connectivity index (χ0) is 19.6. The van der Waals surface area contributed by atoms with Gasteiger partial charge in [-0.15, -0.1) is 24.0 Å². The molecule has 0 aromatic heterocycles. The summed E-state index contributed by atoms with van der Waals surface area (Å²) < 4.78 is 29.4. The molecule has 0 atom stereocenters. The number of hydrogen-bond acceptors (Lipinski definition) is 4. The molecule has 2 N–H and O–H groups in total. The number of guanidine groups is 1. The molecule has 2 aromatic rings. The van der Waals surface area contributed by atoms with Gasteiger partial charge in [-0.3, -0.25) is 4.99 Å². The Hall–Kier alpha value is -2.23. The fourth-order valence-electron chi connectivity index (χ4n) is 2.66. The first-order chi connectivity index (χ1) is 13.1. The highest BCUT2D eigenvalue weighted by Crippen LogP contribution is 2.33. The predicted octanol–water partition coefficient (Wildman–Crippen LogP) is 3.38. The third-order valence-corrected chi connectivity index (χ3v) is 4.07. The summed E-state index contributed by atoms with van der Waals surface area (Å²) in [6.45, 7) is 1.08. The smallest absolute Gasteiger partial charge is 0.191 e. The minimum atomic E-state index is -0.228. The van der Waals surface area contributed by atoms with Crippen molar-refractivity contribution >= 4 is 29.9 Å². The molecule has 0 aliphatic heterocycles. The highest BCUT2D eigenvalue weighted by molar-refractivity contribution is 14.0. The maximum Gasteiger partial charge on any atom is 0.191 e. The molecule has 0 radical (unpaired) electrons. The lowest BCUT2D eigenvalue weighted by Crippen LogP contribution is -2.38. The summed E-state index contributed by atoms with van der Waals surface area (Å²) in [6.07, 6.45) is 0.688. The molecule has 8 heteroatoms. The van der Waals surface area contributed by atoms with Crippen LogP contribution in [0.25, 0.3) is 0 Å². The van der Waals surface area contributed by atoms with E-state index in [2.05, 4.69) is 15.6 Å². The van der Waals surface area contributed by atoms with Crippen molar-refractivity contribution in [2.45, 2.75) is 13.0 Å². The first-order valence-corrected chi connectivity index (χ1v) is 8.59. The molecule has 0 aliphatic carbocycles. The van der Waals surface area contributed by atoms with E-state index < -0.39 is 0 Å². The first kappa shape index (κ1) is 23.8. The number of rotatable bonds is 8. The summed E-state index contributed by atoms with van der Waals surface area (Å²) in [4.78, 5) is 4.21. The summed E-state index contributed by atoms with van der Waals surface area (Å²) >= 11 is 0. The van der Waals surface area contributed by atoms with Crippen molar-refractivity contribution in [1.82, 2.24) is 10.6 Å². The van der Waals surface area contributed by atoms with Crippen LogP contribution in [0.4, 0.5) is 4.39 Å². The molecule has 0 saturated heterocycles. The lowest BCUT2D eigenvalue weighted by molar-refractivity contribution is 0.368. The predicted molar refractivity (Wildman–Crippen MR) is 120 cm³/mol. The molecule has 0 bridgehead atoms.